The number of nitrogens with one attached hydrogen (secondary N) is 1. The number of methoxy groups -OCH3 is 1. The smallest absolute Gasteiger partial charge is 0.222 e. The summed E-state index contributed by atoms with van der Waals surface area (Å²) in [6, 6.07) is 0. The summed E-state index contributed by atoms with van der Waals surface area (Å²) in [7, 11) is 2.51. The van der Waals surface area contributed by atoms with E-state index >= 15 is 0 Å². The zero-order valence-electron chi connectivity index (χ0n) is 6.09. The van der Waals surface area contributed by atoms with Crippen LogP contribution in [-0.4, -0.2) is 32.2 Å². The van der Waals surface area contributed by atoms with Crippen LogP contribution < -0.4 is 5.32 Å². The van der Waals surface area contributed by atoms with Crippen molar-refractivity contribution in [2.45, 2.75) is 6.42 Å². The zero-order chi connectivity index (χ0) is 7.82. The van der Waals surface area contributed by atoms with E-state index in [1.165, 1.54) is 0 Å². The van der Waals surface area contributed by atoms with E-state index in [4.69, 9.17) is 4.74 Å². The Hall–Kier alpha value is -0.400. The summed E-state index contributed by atoms with van der Waals surface area (Å²) >= 11 is 0. The van der Waals surface area contributed by atoms with Gasteiger partial charge in [-0.25, -0.2) is 0 Å². The summed E-state index contributed by atoms with van der Waals surface area (Å²) in [5, 5.41) is 2.67. The Bertz CT molecular complexity index is 116. The molecule has 0 aliphatic rings. The lowest BCUT2D eigenvalue weighted by Crippen LogP contribution is -2.22. The molecule has 1 N–H and O–H groups in total. The van der Waals surface area contributed by atoms with Gasteiger partial charge in [0.15, 0.2) is 0 Å². The minimum absolute atomic E-state index is 0.0259. The number of amides is 1. The summed E-state index contributed by atoms with van der Waals surface area (Å²) in [6.07, 6.45) is 4.63. The Kier molecular flexibility index (Phi) is 6.45. The van der Waals surface area contributed by atoms with Crippen molar-refractivity contribution in [2.24, 2.45) is 0 Å². The van der Waals surface area contributed by atoms with Gasteiger partial charge < -0.3 is 10.1 Å². The molecule has 58 valence electrons. The SMILES string of the molecule is C=PCNC(=O)CCOC. The van der Waals surface area contributed by atoms with Crippen LogP contribution in [0.5, 0.6) is 0 Å². The number of rotatable bonds is 5. The van der Waals surface area contributed by atoms with Gasteiger partial charge in [-0.15, -0.1) is 0 Å². The van der Waals surface area contributed by atoms with E-state index in [1.807, 2.05) is 0 Å². The highest BCUT2D eigenvalue weighted by Gasteiger charge is 1.96. The van der Waals surface area contributed by atoms with Crippen LogP contribution >= 0.6 is 8.20 Å². The first kappa shape index (κ1) is 9.60. The highest BCUT2D eigenvalue weighted by atomic mass is 31.1. The second-order valence-corrected chi connectivity index (χ2v) is 2.49. The average molecular weight is 161 g/mol. The van der Waals surface area contributed by atoms with E-state index in [0.717, 1.165) is 8.20 Å². The Morgan fingerprint density at radius 2 is 2.50 bits per heavy atom. The number of ether oxygens (including phenoxy) is 1. The summed E-state index contributed by atoms with van der Waals surface area (Å²) in [6.45, 7) is 0.486. The lowest BCUT2D eigenvalue weighted by Gasteiger charge is -1.99. The summed E-state index contributed by atoms with van der Waals surface area (Å²) in [5.41, 5.74) is 0. The molecule has 0 rings (SSSR count). The molecule has 0 saturated carbocycles. The van der Waals surface area contributed by atoms with Crippen molar-refractivity contribution in [1.82, 2.24) is 5.32 Å². The molecular weight excluding hydrogens is 149 g/mol. The van der Waals surface area contributed by atoms with Crippen LogP contribution in [0.2, 0.25) is 0 Å². The van der Waals surface area contributed by atoms with Gasteiger partial charge in [0.2, 0.25) is 5.91 Å². The number of carbonyl (C=O) groups excluding carboxylic acids is 1. The zero-order valence-corrected chi connectivity index (χ0v) is 6.99. The molecule has 0 aliphatic heterocycles. The van der Waals surface area contributed by atoms with Crippen LogP contribution in [0.15, 0.2) is 0 Å². The molecule has 0 unspecified atom stereocenters. The number of carbonyl (C=O) groups is 1. The maximum absolute atomic E-state index is 10.7. The molecule has 1 amide bonds. The topological polar surface area (TPSA) is 38.3 Å². The van der Waals surface area contributed by atoms with Gasteiger partial charge in [-0.3, -0.25) is 4.79 Å². The molecule has 0 atom stereocenters. The first-order chi connectivity index (χ1) is 4.81. The fourth-order valence-corrected chi connectivity index (χ4v) is 0.715. The van der Waals surface area contributed by atoms with Crippen molar-refractivity contribution in [3.8, 4) is 0 Å². The molecule has 0 aliphatic carbocycles. The molecule has 0 heterocycles. The van der Waals surface area contributed by atoms with Crippen LogP contribution in [0.3, 0.4) is 0 Å². The number of hydrogen-bond acceptors (Lipinski definition) is 2. The van der Waals surface area contributed by atoms with Crippen molar-refractivity contribution >= 4 is 20.4 Å². The third-order valence-corrected chi connectivity index (χ3v) is 1.30. The summed E-state index contributed by atoms with van der Waals surface area (Å²) in [5.74, 6) is 0.0259. The fraction of sp³-hybridized carbons (Fsp3) is 0.667. The van der Waals surface area contributed by atoms with E-state index in [1.54, 1.807) is 7.11 Å². The monoisotopic (exact) mass is 161 g/mol. The molecule has 3 nitrogen and oxygen atoms in total. The molecule has 0 aromatic rings. The highest BCUT2D eigenvalue weighted by Crippen LogP contribution is 1.86. The second-order valence-electron chi connectivity index (χ2n) is 1.72. The van der Waals surface area contributed by atoms with E-state index in [2.05, 4.69) is 11.6 Å². The molecule has 0 spiro atoms. The van der Waals surface area contributed by atoms with Crippen molar-refractivity contribution in [2.75, 3.05) is 20.0 Å². The predicted octanol–water partition coefficient (Wildman–Crippen LogP) is 0.475. The average Bonchev–Trinajstić information content (AvgIpc) is 1.97. The van der Waals surface area contributed by atoms with Gasteiger partial charge in [-0.1, -0.05) is 14.5 Å². The van der Waals surface area contributed by atoms with Crippen molar-refractivity contribution in [3.63, 3.8) is 0 Å². The van der Waals surface area contributed by atoms with Crippen LogP contribution in [0.1, 0.15) is 6.42 Å². The maximum Gasteiger partial charge on any atom is 0.222 e. The minimum Gasteiger partial charge on any atom is -0.384 e. The van der Waals surface area contributed by atoms with Crippen LogP contribution in [0.25, 0.3) is 0 Å². The lowest BCUT2D eigenvalue weighted by atomic mass is 10.4. The van der Waals surface area contributed by atoms with E-state index in [0.29, 0.717) is 19.3 Å². The van der Waals surface area contributed by atoms with Crippen LogP contribution in [0.4, 0.5) is 0 Å². The normalized spacial score (nSPS) is 9.70. The van der Waals surface area contributed by atoms with E-state index in [9.17, 15) is 4.79 Å². The predicted molar refractivity (Wildman–Crippen MR) is 43.5 cm³/mol. The molecule has 0 radical (unpaired) electrons. The van der Waals surface area contributed by atoms with Crippen LogP contribution in [0, 0.1) is 0 Å². The Morgan fingerprint density at radius 3 is 3.00 bits per heavy atom. The van der Waals surface area contributed by atoms with Gasteiger partial charge in [-0.05, 0) is 0 Å². The standard InChI is InChI=1S/C6H12NO2P/c1-9-4-3-6(8)7-5-10-2/h2-5H2,1H3,(H,7,8). The third-order valence-electron chi connectivity index (χ3n) is 0.921. The van der Waals surface area contributed by atoms with Crippen molar-refractivity contribution in [3.05, 3.63) is 0 Å². The second kappa shape index (κ2) is 6.72. The third kappa shape index (κ3) is 5.73. The quantitative estimate of drug-likeness (QED) is 0.595. The Labute approximate surface area is 62.6 Å². The largest absolute Gasteiger partial charge is 0.384 e. The maximum atomic E-state index is 10.7. The van der Waals surface area contributed by atoms with Crippen molar-refractivity contribution in [1.29, 1.82) is 0 Å². The Morgan fingerprint density at radius 1 is 1.80 bits per heavy atom. The van der Waals surface area contributed by atoms with Gasteiger partial charge >= 0.3 is 0 Å². The summed E-state index contributed by atoms with van der Waals surface area (Å²) in [4.78, 5) is 10.7. The minimum atomic E-state index is 0.0259. The molecule has 0 aromatic heterocycles. The molecule has 0 fully saturated rings. The Balaban J connectivity index is 3.16. The van der Waals surface area contributed by atoms with Gasteiger partial charge in [0, 0.05) is 13.5 Å². The van der Waals surface area contributed by atoms with Gasteiger partial charge in [0.05, 0.1) is 12.9 Å². The first-order valence-electron chi connectivity index (χ1n) is 2.99. The molecular formula is C6H12NO2P. The van der Waals surface area contributed by atoms with E-state index in [-0.39, 0.29) is 5.91 Å². The first-order valence-corrected chi connectivity index (χ1v) is 4.26. The summed E-state index contributed by atoms with van der Waals surface area (Å²) < 4.78 is 4.71. The highest BCUT2D eigenvalue weighted by molar-refractivity contribution is 7.36. The number of hydrogen-bond donors (Lipinski definition) is 1. The van der Waals surface area contributed by atoms with Gasteiger partial charge in [0.25, 0.3) is 0 Å². The van der Waals surface area contributed by atoms with Crippen LogP contribution in [-0.2, 0) is 9.53 Å². The van der Waals surface area contributed by atoms with Gasteiger partial charge in [0.1, 0.15) is 0 Å². The van der Waals surface area contributed by atoms with E-state index < -0.39 is 0 Å². The molecule has 0 bridgehead atoms. The van der Waals surface area contributed by atoms with Gasteiger partial charge in [-0.2, -0.15) is 0 Å². The lowest BCUT2D eigenvalue weighted by molar-refractivity contribution is -0.121. The molecule has 0 saturated heterocycles. The molecule has 4 heteroatoms. The molecule has 10 heavy (non-hydrogen) atoms. The fourth-order valence-electron chi connectivity index (χ4n) is 0.427. The molecule has 0 aromatic carbocycles. The van der Waals surface area contributed by atoms with Crippen molar-refractivity contribution < 1.29 is 9.53 Å².